The van der Waals surface area contributed by atoms with Gasteiger partial charge in [0.2, 0.25) is 0 Å². The van der Waals surface area contributed by atoms with Crippen LogP contribution >= 0.6 is 0 Å². The predicted molar refractivity (Wildman–Crippen MR) is 49.3 cm³/mol. The van der Waals surface area contributed by atoms with Gasteiger partial charge in [-0.05, 0) is 24.5 Å². The second kappa shape index (κ2) is 3.07. The van der Waals surface area contributed by atoms with Crippen molar-refractivity contribution < 1.29 is 8.42 Å². The average Bonchev–Trinajstić information content (AvgIpc) is 2.16. The summed E-state index contributed by atoms with van der Waals surface area (Å²) in [4.78, 5) is 3.83. The van der Waals surface area contributed by atoms with Gasteiger partial charge in [-0.1, -0.05) is 0 Å². The number of aromatic nitrogens is 1. The summed E-state index contributed by atoms with van der Waals surface area (Å²) in [5.41, 5.74) is 1.09. The molecular weight excluding hydrogens is 200 g/mol. The first-order valence-electron chi connectivity index (χ1n) is 4.25. The van der Waals surface area contributed by atoms with E-state index in [9.17, 15) is 8.42 Å². The van der Waals surface area contributed by atoms with Crippen LogP contribution < -0.4 is 0 Å². The molecule has 0 spiro atoms. The molecule has 0 fully saturated rings. The molecule has 14 heavy (non-hydrogen) atoms. The minimum Gasteiger partial charge on any atom is -0.243 e. The minimum atomic E-state index is -3.19. The van der Waals surface area contributed by atoms with Crippen molar-refractivity contribution in [2.45, 2.75) is 17.9 Å². The third kappa shape index (κ3) is 1.38. The van der Waals surface area contributed by atoms with Crippen molar-refractivity contribution in [1.29, 1.82) is 5.26 Å². The lowest BCUT2D eigenvalue weighted by Crippen LogP contribution is -2.17. The molecule has 2 heterocycles. The van der Waals surface area contributed by atoms with Crippen LogP contribution in [0.25, 0.3) is 0 Å². The fourth-order valence-corrected chi connectivity index (χ4v) is 3.06. The largest absolute Gasteiger partial charge is 0.243 e. The Balaban J connectivity index is 2.65. The Kier molecular flexibility index (Phi) is 2.01. The SMILES string of the molecule is N#Cc1cnc2c(c1)CCCS2(=O)=O. The first-order chi connectivity index (χ1) is 6.63. The first kappa shape index (κ1) is 9.16. The zero-order valence-electron chi connectivity index (χ0n) is 7.40. The number of nitrogens with zero attached hydrogens (tertiary/aromatic N) is 2. The maximum atomic E-state index is 11.5. The second-order valence-corrected chi connectivity index (χ2v) is 5.25. The molecule has 0 radical (unpaired) electrons. The van der Waals surface area contributed by atoms with Crippen LogP contribution in [0.1, 0.15) is 17.5 Å². The van der Waals surface area contributed by atoms with Gasteiger partial charge in [0.15, 0.2) is 14.9 Å². The number of rotatable bonds is 0. The number of pyridine rings is 1. The number of aryl methyl sites for hydroxylation is 1. The number of hydrogen-bond donors (Lipinski definition) is 0. The quantitative estimate of drug-likeness (QED) is 0.628. The molecule has 0 amide bonds. The van der Waals surface area contributed by atoms with E-state index in [1.54, 1.807) is 6.07 Å². The summed E-state index contributed by atoms with van der Waals surface area (Å²) in [6.07, 6.45) is 2.62. The van der Waals surface area contributed by atoms with E-state index >= 15 is 0 Å². The maximum absolute atomic E-state index is 11.5. The van der Waals surface area contributed by atoms with Gasteiger partial charge in [0.1, 0.15) is 6.07 Å². The third-order valence-corrected chi connectivity index (χ3v) is 3.99. The van der Waals surface area contributed by atoms with Gasteiger partial charge in [-0.25, -0.2) is 13.4 Å². The Morgan fingerprint density at radius 3 is 3.00 bits per heavy atom. The van der Waals surface area contributed by atoms with E-state index in [2.05, 4.69) is 4.98 Å². The second-order valence-electron chi connectivity index (χ2n) is 3.22. The van der Waals surface area contributed by atoms with Crippen molar-refractivity contribution in [2.24, 2.45) is 0 Å². The average molecular weight is 208 g/mol. The number of hydrogen-bond acceptors (Lipinski definition) is 4. The Bertz CT molecular complexity index is 514. The van der Waals surface area contributed by atoms with Crippen molar-refractivity contribution in [3.05, 3.63) is 23.4 Å². The summed E-state index contributed by atoms with van der Waals surface area (Å²) >= 11 is 0. The molecule has 1 aromatic rings. The maximum Gasteiger partial charge on any atom is 0.195 e. The molecule has 2 rings (SSSR count). The summed E-state index contributed by atoms with van der Waals surface area (Å²) in [6, 6.07) is 3.56. The predicted octanol–water partition coefficient (Wildman–Crippen LogP) is 0.673. The zero-order valence-corrected chi connectivity index (χ0v) is 8.21. The minimum absolute atomic E-state index is 0.155. The van der Waals surface area contributed by atoms with Gasteiger partial charge in [-0.15, -0.1) is 0 Å². The molecule has 0 saturated heterocycles. The summed E-state index contributed by atoms with van der Waals surface area (Å²) in [7, 11) is -3.19. The van der Waals surface area contributed by atoms with Crippen molar-refractivity contribution >= 4 is 9.84 Å². The molecular formula is C9H8N2O2S. The molecule has 0 aromatic carbocycles. The van der Waals surface area contributed by atoms with Crippen molar-refractivity contribution in [2.75, 3.05) is 5.75 Å². The van der Waals surface area contributed by atoms with Crippen LogP contribution in [-0.4, -0.2) is 19.2 Å². The van der Waals surface area contributed by atoms with Gasteiger partial charge >= 0.3 is 0 Å². The standard InChI is InChI=1S/C9H8N2O2S/c10-5-7-4-8-2-1-3-14(12,13)9(8)11-6-7/h4,6H,1-3H2. The lowest BCUT2D eigenvalue weighted by molar-refractivity contribution is 0.581. The van der Waals surface area contributed by atoms with Gasteiger partial charge in [0, 0.05) is 6.20 Å². The molecule has 72 valence electrons. The van der Waals surface area contributed by atoms with Crippen molar-refractivity contribution in [1.82, 2.24) is 4.98 Å². The van der Waals surface area contributed by atoms with Crippen LogP contribution in [0.4, 0.5) is 0 Å². The number of sulfone groups is 1. The van der Waals surface area contributed by atoms with E-state index in [1.165, 1.54) is 6.20 Å². The highest BCUT2D eigenvalue weighted by atomic mass is 32.2. The summed E-state index contributed by atoms with van der Waals surface area (Å²) in [5, 5.41) is 8.79. The fraction of sp³-hybridized carbons (Fsp3) is 0.333. The molecule has 4 nitrogen and oxygen atoms in total. The Morgan fingerprint density at radius 1 is 1.50 bits per heavy atom. The van der Waals surface area contributed by atoms with Gasteiger partial charge in [-0.2, -0.15) is 5.26 Å². The number of fused-ring (bicyclic) bond motifs is 1. The molecule has 0 bridgehead atoms. The molecule has 1 aliphatic heterocycles. The molecule has 5 heteroatoms. The van der Waals surface area contributed by atoms with Crippen molar-refractivity contribution in [3.63, 3.8) is 0 Å². The van der Waals surface area contributed by atoms with Crippen LogP contribution in [0.2, 0.25) is 0 Å². The monoisotopic (exact) mass is 208 g/mol. The lowest BCUT2D eigenvalue weighted by Gasteiger charge is -2.14. The topological polar surface area (TPSA) is 70.8 Å². The molecule has 0 aliphatic carbocycles. The van der Waals surface area contributed by atoms with Crippen LogP contribution in [0.15, 0.2) is 17.3 Å². The third-order valence-electron chi connectivity index (χ3n) is 2.21. The fourth-order valence-electron chi connectivity index (χ4n) is 1.57. The highest BCUT2D eigenvalue weighted by Crippen LogP contribution is 2.23. The molecule has 0 saturated carbocycles. The van der Waals surface area contributed by atoms with Gasteiger partial charge in [-0.3, -0.25) is 0 Å². The Labute approximate surface area is 82.1 Å². The lowest BCUT2D eigenvalue weighted by atomic mass is 10.1. The Hall–Kier alpha value is -1.41. The highest BCUT2D eigenvalue weighted by Gasteiger charge is 2.24. The van der Waals surface area contributed by atoms with Gasteiger partial charge in [0.05, 0.1) is 11.3 Å². The van der Waals surface area contributed by atoms with Crippen LogP contribution in [0.3, 0.4) is 0 Å². The Morgan fingerprint density at radius 2 is 2.29 bits per heavy atom. The summed E-state index contributed by atoms with van der Waals surface area (Å²) < 4.78 is 23.1. The molecule has 0 unspecified atom stereocenters. The molecule has 0 N–H and O–H groups in total. The summed E-state index contributed by atoms with van der Waals surface area (Å²) in [5.74, 6) is 0.166. The highest BCUT2D eigenvalue weighted by molar-refractivity contribution is 7.91. The van der Waals surface area contributed by atoms with E-state index in [1.807, 2.05) is 6.07 Å². The van der Waals surface area contributed by atoms with E-state index < -0.39 is 9.84 Å². The van der Waals surface area contributed by atoms with E-state index in [0.717, 1.165) is 0 Å². The molecule has 0 atom stereocenters. The van der Waals surface area contributed by atoms with Crippen LogP contribution in [-0.2, 0) is 16.3 Å². The normalized spacial score (nSPS) is 18.2. The zero-order chi connectivity index (χ0) is 10.2. The smallest absolute Gasteiger partial charge is 0.195 e. The number of nitriles is 1. The molecule has 1 aliphatic rings. The van der Waals surface area contributed by atoms with Crippen LogP contribution in [0.5, 0.6) is 0 Å². The van der Waals surface area contributed by atoms with Crippen molar-refractivity contribution in [3.8, 4) is 6.07 Å². The van der Waals surface area contributed by atoms with E-state index in [-0.39, 0.29) is 10.8 Å². The van der Waals surface area contributed by atoms with Gasteiger partial charge in [0.25, 0.3) is 0 Å². The summed E-state index contributed by atoms with van der Waals surface area (Å²) in [6.45, 7) is 0. The van der Waals surface area contributed by atoms with Crippen LogP contribution in [0, 0.1) is 11.3 Å². The first-order valence-corrected chi connectivity index (χ1v) is 5.90. The van der Waals surface area contributed by atoms with E-state index in [4.69, 9.17) is 5.26 Å². The van der Waals surface area contributed by atoms with Gasteiger partial charge < -0.3 is 0 Å². The van der Waals surface area contributed by atoms with E-state index in [0.29, 0.717) is 24.0 Å². The molecule has 1 aromatic heterocycles.